The van der Waals surface area contributed by atoms with Crippen molar-refractivity contribution in [2.75, 3.05) is 0 Å². The van der Waals surface area contributed by atoms with Gasteiger partial charge < -0.3 is 0 Å². The van der Waals surface area contributed by atoms with E-state index in [1.165, 1.54) is 85.2 Å². The van der Waals surface area contributed by atoms with Crippen LogP contribution >= 0.6 is 0 Å². The first-order chi connectivity index (χ1) is 18.8. The summed E-state index contributed by atoms with van der Waals surface area (Å²) in [7, 11) is 0. The monoisotopic (exact) mass is 516 g/mol. The zero-order valence-electron chi connectivity index (χ0n) is 25.7. The fourth-order valence-corrected chi connectivity index (χ4v) is 6.69. The summed E-state index contributed by atoms with van der Waals surface area (Å²) in [6.07, 6.45) is 7.88. The van der Waals surface area contributed by atoms with Crippen molar-refractivity contribution < 1.29 is 0 Å². The Bertz CT molecular complexity index is 1430. The van der Waals surface area contributed by atoms with Gasteiger partial charge in [-0.05, 0) is 138 Å². The Hall–Kier alpha value is -3.12. The van der Waals surface area contributed by atoms with Gasteiger partial charge in [0.1, 0.15) is 0 Å². The smallest absolute Gasteiger partial charge is 0.00202 e. The third-order valence-electron chi connectivity index (χ3n) is 8.69. The van der Waals surface area contributed by atoms with Gasteiger partial charge in [0.05, 0.1) is 0 Å². The van der Waals surface area contributed by atoms with Gasteiger partial charge in [0.2, 0.25) is 0 Å². The predicted molar refractivity (Wildman–Crippen MR) is 172 cm³/mol. The van der Waals surface area contributed by atoms with Gasteiger partial charge in [0, 0.05) is 0 Å². The highest BCUT2D eigenvalue weighted by molar-refractivity contribution is 5.77. The fraction of sp³-hybridized carbons (Fsp3) is 0.385. The molecular weight excluding hydrogens is 468 g/mol. The van der Waals surface area contributed by atoms with Crippen LogP contribution in [0, 0.1) is 34.6 Å². The summed E-state index contributed by atoms with van der Waals surface area (Å²) in [5.74, 6) is 0. The lowest BCUT2D eigenvalue weighted by atomic mass is 9.82. The third-order valence-corrected chi connectivity index (χ3v) is 8.69. The molecule has 0 saturated carbocycles. The first-order valence-electron chi connectivity index (χ1n) is 15.2. The summed E-state index contributed by atoms with van der Waals surface area (Å²) < 4.78 is 0. The van der Waals surface area contributed by atoms with Gasteiger partial charge in [-0.25, -0.2) is 0 Å². The van der Waals surface area contributed by atoms with Crippen molar-refractivity contribution in [3.63, 3.8) is 0 Å². The molecule has 204 valence electrons. The maximum absolute atomic E-state index is 2.44. The topological polar surface area (TPSA) is 0 Å². The van der Waals surface area contributed by atoms with Gasteiger partial charge >= 0.3 is 0 Å². The van der Waals surface area contributed by atoms with Crippen molar-refractivity contribution in [2.24, 2.45) is 0 Å². The molecule has 0 aliphatic carbocycles. The summed E-state index contributed by atoms with van der Waals surface area (Å²) in [6, 6.07) is 23.2. The number of hydrogen-bond donors (Lipinski definition) is 0. The van der Waals surface area contributed by atoms with E-state index in [2.05, 4.69) is 116 Å². The molecule has 4 aromatic rings. The van der Waals surface area contributed by atoms with Crippen LogP contribution in [-0.4, -0.2) is 0 Å². The second-order valence-electron chi connectivity index (χ2n) is 11.6. The van der Waals surface area contributed by atoms with Crippen LogP contribution in [0.1, 0.15) is 95.7 Å². The van der Waals surface area contributed by atoms with Crippen molar-refractivity contribution in [1.29, 1.82) is 0 Å². The Balaban J connectivity index is 1.82. The zero-order chi connectivity index (χ0) is 28.1. The van der Waals surface area contributed by atoms with Gasteiger partial charge in [-0.2, -0.15) is 0 Å². The average molecular weight is 517 g/mol. The lowest BCUT2D eigenvalue weighted by molar-refractivity contribution is 0.888. The van der Waals surface area contributed by atoms with E-state index in [1.807, 2.05) is 0 Å². The lowest BCUT2D eigenvalue weighted by Crippen LogP contribution is -2.05. The molecule has 0 spiro atoms. The Morgan fingerprint density at radius 2 is 0.974 bits per heavy atom. The molecule has 0 atom stereocenters. The van der Waals surface area contributed by atoms with E-state index in [4.69, 9.17) is 0 Å². The highest BCUT2D eigenvalue weighted by Crippen LogP contribution is 2.37. The number of hydrogen-bond acceptors (Lipinski definition) is 0. The fourth-order valence-electron chi connectivity index (χ4n) is 6.69. The minimum Gasteiger partial charge on any atom is -0.0651 e. The zero-order valence-corrected chi connectivity index (χ0v) is 25.7. The maximum atomic E-state index is 2.44. The molecule has 0 aliphatic rings. The van der Waals surface area contributed by atoms with E-state index in [1.54, 1.807) is 5.56 Å². The van der Waals surface area contributed by atoms with Crippen LogP contribution in [0.3, 0.4) is 0 Å². The molecule has 0 aliphatic heterocycles. The van der Waals surface area contributed by atoms with E-state index in [9.17, 15) is 0 Å². The molecule has 0 radical (unpaired) electrons. The van der Waals surface area contributed by atoms with Crippen LogP contribution in [0.4, 0.5) is 0 Å². The third kappa shape index (κ3) is 5.91. The Labute approximate surface area is 238 Å². The predicted octanol–water partition coefficient (Wildman–Crippen LogP) is 11.0. The van der Waals surface area contributed by atoms with Crippen LogP contribution in [0.2, 0.25) is 0 Å². The van der Waals surface area contributed by atoms with Crippen LogP contribution in [0.25, 0.3) is 22.3 Å². The number of aryl methyl sites for hydroxylation is 4. The molecule has 39 heavy (non-hydrogen) atoms. The first-order valence-corrected chi connectivity index (χ1v) is 15.2. The molecule has 0 saturated heterocycles. The summed E-state index contributed by atoms with van der Waals surface area (Å²) in [4.78, 5) is 0. The second kappa shape index (κ2) is 12.8. The Kier molecular flexibility index (Phi) is 9.49. The van der Waals surface area contributed by atoms with E-state index in [-0.39, 0.29) is 0 Å². The quantitative estimate of drug-likeness (QED) is 0.197. The van der Waals surface area contributed by atoms with Gasteiger partial charge in [-0.3, -0.25) is 0 Å². The molecule has 0 aromatic heterocycles. The van der Waals surface area contributed by atoms with Crippen molar-refractivity contribution in [3.05, 3.63) is 116 Å². The Morgan fingerprint density at radius 3 is 1.62 bits per heavy atom. The molecule has 0 unspecified atom stereocenters. The molecule has 4 aromatic carbocycles. The van der Waals surface area contributed by atoms with Crippen molar-refractivity contribution in [2.45, 2.75) is 100 Å². The van der Waals surface area contributed by atoms with Crippen molar-refractivity contribution >= 4 is 0 Å². The van der Waals surface area contributed by atoms with Crippen LogP contribution < -0.4 is 0 Å². The minimum absolute atomic E-state index is 1.00. The summed E-state index contributed by atoms with van der Waals surface area (Å²) in [5, 5.41) is 0. The van der Waals surface area contributed by atoms with E-state index >= 15 is 0 Å². The first kappa shape index (κ1) is 28.9. The maximum Gasteiger partial charge on any atom is -0.00202 e. The molecule has 0 fully saturated rings. The number of benzene rings is 4. The molecule has 0 nitrogen and oxygen atoms in total. The molecular formula is C39H48. The highest BCUT2D eigenvalue weighted by Gasteiger charge is 2.18. The van der Waals surface area contributed by atoms with Crippen LogP contribution in [0.15, 0.2) is 60.7 Å². The normalized spacial score (nSPS) is 11.3. The summed E-state index contributed by atoms with van der Waals surface area (Å²) >= 11 is 0. The van der Waals surface area contributed by atoms with E-state index in [0.29, 0.717) is 0 Å². The molecule has 4 rings (SSSR count). The summed E-state index contributed by atoms with van der Waals surface area (Å²) in [5.41, 5.74) is 20.3. The minimum atomic E-state index is 1.00. The molecule has 0 N–H and O–H groups in total. The largest absolute Gasteiger partial charge is 0.0651 e. The van der Waals surface area contributed by atoms with Crippen molar-refractivity contribution in [1.82, 2.24) is 0 Å². The standard InChI is InChI=1S/C39H48/c1-9-14-31-20-13-19-28(6)39(31)36-23-22-33(34(15-10-2)30(36)8)25-32-21-24-37(35(16-11-3)29(32)7)38-26(4)17-12-18-27(38)5/h12-13,17-24H,9-11,14-16,25H2,1-8H3. The van der Waals surface area contributed by atoms with Crippen molar-refractivity contribution in [3.8, 4) is 22.3 Å². The van der Waals surface area contributed by atoms with E-state index in [0.717, 1.165) is 32.1 Å². The van der Waals surface area contributed by atoms with Gasteiger partial charge in [0.25, 0.3) is 0 Å². The SMILES string of the molecule is CCCc1cccc(C)c1-c1ccc(Cc2ccc(-c3c(C)cccc3C)c(CCC)c2C)c(CCC)c1C. The van der Waals surface area contributed by atoms with Crippen LogP contribution in [-0.2, 0) is 25.7 Å². The summed E-state index contributed by atoms with van der Waals surface area (Å²) in [6.45, 7) is 18.4. The second-order valence-corrected chi connectivity index (χ2v) is 11.6. The average Bonchev–Trinajstić information content (AvgIpc) is 2.90. The van der Waals surface area contributed by atoms with Gasteiger partial charge in [-0.1, -0.05) is 101 Å². The Morgan fingerprint density at radius 1 is 0.436 bits per heavy atom. The lowest BCUT2D eigenvalue weighted by Gasteiger charge is -2.22. The number of rotatable bonds is 10. The molecule has 0 bridgehead atoms. The van der Waals surface area contributed by atoms with E-state index < -0.39 is 0 Å². The molecule has 0 heterocycles. The molecule has 0 amide bonds. The van der Waals surface area contributed by atoms with Gasteiger partial charge in [0.15, 0.2) is 0 Å². The van der Waals surface area contributed by atoms with Crippen LogP contribution in [0.5, 0.6) is 0 Å². The van der Waals surface area contributed by atoms with Gasteiger partial charge in [-0.15, -0.1) is 0 Å². The highest BCUT2D eigenvalue weighted by atomic mass is 14.2. The molecule has 0 heteroatoms.